The number of nitrogens with zero attached hydrogens (tertiary/aromatic N) is 3. The summed E-state index contributed by atoms with van der Waals surface area (Å²) in [6, 6.07) is 6.04. The molecule has 3 rings (SSSR count). The van der Waals surface area contributed by atoms with Gasteiger partial charge in [0.15, 0.2) is 0 Å². The van der Waals surface area contributed by atoms with Crippen LogP contribution in [0.25, 0.3) is 11.1 Å². The number of hydrogen-bond donors (Lipinski definition) is 1. The van der Waals surface area contributed by atoms with Crippen LogP contribution in [-0.2, 0) is 4.74 Å². The molecular weight excluding hydrogens is 340 g/mol. The maximum Gasteiger partial charge on any atom is 0.410 e. The summed E-state index contributed by atoms with van der Waals surface area (Å²) in [5, 5.41) is 3.48. The van der Waals surface area contributed by atoms with Gasteiger partial charge in [0.2, 0.25) is 0 Å². The molecule has 0 saturated carbocycles. The molecule has 1 fully saturated rings. The van der Waals surface area contributed by atoms with E-state index in [0.717, 1.165) is 49.3 Å². The molecule has 0 radical (unpaired) electrons. The van der Waals surface area contributed by atoms with Gasteiger partial charge in [0.25, 0.3) is 0 Å². The van der Waals surface area contributed by atoms with Gasteiger partial charge in [-0.15, -0.1) is 0 Å². The lowest BCUT2D eigenvalue weighted by Crippen LogP contribution is -2.44. The molecule has 0 spiro atoms. The van der Waals surface area contributed by atoms with Crippen LogP contribution in [0.2, 0.25) is 0 Å². The Morgan fingerprint density at radius 2 is 2.00 bits per heavy atom. The fraction of sp³-hybridized carbons (Fsp3) is 0.476. The Balaban J connectivity index is 1.56. The van der Waals surface area contributed by atoms with Crippen LogP contribution in [0.15, 0.2) is 43.0 Å². The predicted octanol–water partition coefficient (Wildman–Crippen LogP) is 4.20. The smallest absolute Gasteiger partial charge is 0.410 e. The Morgan fingerprint density at radius 3 is 2.74 bits per heavy atom. The molecule has 1 atom stereocenters. The van der Waals surface area contributed by atoms with Gasteiger partial charge in [-0.3, -0.25) is 9.97 Å². The van der Waals surface area contributed by atoms with E-state index in [1.165, 1.54) is 0 Å². The summed E-state index contributed by atoms with van der Waals surface area (Å²) < 4.78 is 5.50. The van der Waals surface area contributed by atoms with E-state index in [-0.39, 0.29) is 6.09 Å². The number of carbonyl (C=O) groups is 1. The molecular formula is C21H28N4O2. The molecule has 2 aromatic heterocycles. The molecule has 6 heteroatoms. The van der Waals surface area contributed by atoms with Gasteiger partial charge >= 0.3 is 6.09 Å². The molecule has 1 aliphatic heterocycles. The first-order valence-electron chi connectivity index (χ1n) is 9.48. The molecule has 0 aliphatic carbocycles. The van der Waals surface area contributed by atoms with Crippen molar-refractivity contribution in [2.75, 3.05) is 25.0 Å². The van der Waals surface area contributed by atoms with Crippen molar-refractivity contribution in [3.63, 3.8) is 0 Å². The summed E-state index contributed by atoms with van der Waals surface area (Å²) >= 11 is 0. The van der Waals surface area contributed by atoms with Crippen molar-refractivity contribution < 1.29 is 9.53 Å². The fourth-order valence-electron chi connectivity index (χ4n) is 3.23. The van der Waals surface area contributed by atoms with Crippen LogP contribution < -0.4 is 5.32 Å². The average molecular weight is 368 g/mol. The predicted molar refractivity (Wildman–Crippen MR) is 106 cm³/mol. The lowest BCUT2D eigenvalue weighted by molar-refractivity contribution is 0.0172. The zero-order valence-corrected chi connectivity index (χ0v) is 16.3. The summed E-state index contributed by atoms with van der Waals surface area (Å²) in [7, 11) is 0. The van der Waals surface area contributed by atoms with Crippen LogP contribution in [0, 0.1) is 5.92 Å². The molecule has 1 amide bonds. The van der Waals surface area contributed by atoms with Gasteiger partial charge in [0.1, 0.15) is 5.60 Å². The third-order valence-electron chi connectivity index (χ3n) is 4.52. The van der Waals surface area contributed by atoms with Gasteiger partial charge in [-0.2, -0.15) is 0 Å². The van der Waals surface area contributed by atoms with E-state index >= 15 is 0 Å². The van der Waals surface area contributed by atoms with E-state index in [4.69, 9.17) is 4.74 Å². The molecule has 1 aliphatic rings. The quantitative estimate of drug-likeness (QED) is 0.876. The molecule has 1 unspecified atom stereocenters. The molecule has 27 heavy (non-hydrogen) atoms. The summed E-state index contributed by atoms with van der Waals surface area (Å²) in [6.07, 6.45) is 9.13. The summed E-state index contributed by atoms with van der Waals surface area (Å²) in [5.74, 6) is 0.399. The molecule has 144 valence electrons. The maximum absolute atomic E-state index is 12.3. The minimum absolute atomic E-state index is 0.214. The number of hydrogen-bond acceptors (Lipinski definition) is 5. The number of pyridine rings is 2. The summed E-state index contributed by atoms with van der Waals surface area (Å²) in [4.78, 5) is 22.5. The van der Waals surface area contributed by atoms with Crippen LogP contribution in [0.5, 0.6) is 0 Å². The topological polar surface area (TPSA) is 67.3 Å². The van der Waals surface area contributed by atoms with Crippen molar-refractivity contribution in [3.05, 3.63) is 43.0 Å². The monoisotopic (exact) mass is 368 g/mol. The third kappa shape index (κ3) is 5.67. The standard InChI is InChI=1S/C21H28N4O2/c1-21(2,3)27-20(26)25-10-4-5-16(15-25)12-24-19-11-18(13-23-14-19)17-6-8-22-9-7-17/h6-9,11,13-14,16,24H,4-5,10,12,15H2,1-3H3. The largest absolute Gasteiger partial charge is 0.444 e. The van der Waals surface area contributed by atoms with Crippen molar-refractivity contribution in [2.24, 2.45) is 5.92 Å². The SMILES string of the molecule is CC(C)(C)OC(=O)N1CCCC(CNc2cncc(-c3ccncc3)c2)C1. The second kappa shape index (κ2) is 8.37. The van der Waals surface area contributed by atoms with Gasteiger partial charge in [-0.05, 0) is 63.3 Å². The Labute approximate surface area is 161 Å². The van der Waals surface area contributed by atoms with Crippen LogP contribution in [0.4, 0.5) is 10.5 Å². The average Bonchev–Trinajstić information content (AvgIpc) is 2.66. The molecule has 3 heterocycles. The molecule has 0 aromatic carbocycles. The zero-order valence-electron chi connectivity index (χ0n) is 16.3. The van der Waals surface area contributed by atoms with E-state index in [1.807, 2.05) is 50.2 Å². The van der Waals surface area contributed by atoms with Gasteiger partial charge in [0.05, 0.1) is 5.69 Å². The number of amides is 1. The van der Waals surface area contributed by atoms with Crippen LogP contribution >= 0.6 is 0 Å². The van der Waals surface area contributed by atoms with E-state index in [2.05, 4.69) is 21.4 Å². The summed E-state index contributed by atoms with van der Waals surface area (Å²) in [5.41, 5.74) is 2.68. The Morgan fingerprint density at radius 1 is 1.22 bits per heavy atom. The highest BCUT2D eigenvalue weighted by Crippen LogP contribution is 2.23. The Bertz CT molecular complexity index is 758. The first kappa shape index (κ1) is 19.1. The van der Waals surface area contributed by atoms with Crippen LogP contribution in [-0.4, -0.2) is 46.2 Å². The molecule has 1 N–H and O–H groups in total. The normalized spacial score (nSPS) is 17.4. The van der Waals surface area contributed by atoms with Gasteiger partial charge in [-0.25, -0.2) is 4.79 Å². The number of piperidine rings is 1. The third-order valence-corrected chi connectivity index (χ3v) is 4.52. The maximum atomic E-state index is 12.3. The Hall–Kier alpha value is -2.63. The van der Waals surface area contributed by atoms with Crippen molar-refractivity contribution >= 4 is 11.8 Å². The molecule has 1 saturated heterocycles. The highest BCUT2D eigenvalue weighted by atomic mass is 16.6. The van der Waals surface area contributed by atoms with Crippen molar-refractivity contribution in [1.29, 1.82) is 0 Å². The lowest BCUT2D eigenvalue weighted by atomic mass is 9.98. The Kier molecular flexibility index (Phi) is 5.94. The number of nitrogens with one attached hydrogen (secondary N) is 1. The molecule has 6 nitrogen and oxygen atoms in total. The number of aromatic nitrogens is 2. The molecule has 0 bridgehead atoms. The number of anilines is 1. The lowest BCUT2D eigenvalue weighted by Gasteiger charge is -2.34. The van der Waals surface area contributed by atoms with E-state index in [1.54, 1.807) is 12.4 Å². The fourth-order valence-corrected chi connectivity index (χ4v) is 3.23. The van der Waals surface area contributed by atoms with E-state index in [0.29, 0.717) is 5.92 Å². The van der Waals surface area contributed by atoms with Crippen molar-refractivity contribution in [1.82, 2.24) is 14.9 Å². The molecule has 2 aromatic rings. The van der Waals surface area contributed by atoms with Crippen LogP contribution in [0.3, 0.4) is 0 Å². The number of rotatable bonds is 4. The first-order valence-corrected chi connectivity index (χ1v) is 9.48. The van der Waals surface area contributed by atoms with E-state index in [9.17, 15) is 4.79 Å². The second-order valence-electron chi connectivity index (χ2n) is 8.01. The number of ether oxygens (including phenoxy) is 1. The number of carbonyl (C=O) groups excluding carboxylic acids is 1. The first-order chi connectivity index (χ1) is 12.9. The zero-order chi connectivity index (χ0) is 19.3. The van der Waals surface area contributed by atoms with Crippen LogP contribution in [0.1, 0.15) is 33.6 Å². The second-order valence-corrected chi connectivity index (χ2v) is 8.01. The van der Waals surface area contributed by atoms with Gasteiger partial charge in [-0.1, -0.05) is 0 Å². The van der Waals surface area contributed by atoms with Crippen molar-refractivity contribution in [2.45, 2.75) is 39.2 Å². The minimum atomic E-state index is -0.457. The highest BCUT2D eigenvalue weighted by Gasteiger charge is 2.27. The van der Waals surface area contributed by atoms with Crippen molar-refractivity contribution in [3.8, 4) is 11.1 Å². The van der Waals surface area contributed by atoms with Gasteiger partial charge < -0.3 is 15.0 Å². The minimum Gasteiger partial charge on any atom is -0.444 e. The summed E-state index contributed by atoms with van der Waals surface area (Å²) in [6.45, 7) is 7.99. The van der Waals surface area contributed by atoms with E-state index < -0.39 is 5.60 Å². The van der Waals surface area contributed by atoms with Gasteiger partial charge in [0, 0.05) is 50.0 Å². The number of likely N-dealkylation sites (tertiary alicyclic amines) is 1. The highest BCUT2D eigenvalue weighted by molar-refractivity contribution is 5.68.